The number of nitrogen functional groups attached to an aromatic ring is 1. The van der Waals surface area contributed by atoms with Crippen LogP contribution in [0.1, 0.15) is 24.8 Å². The van der Waals surface area contributed by atoms with E-state index < -0.39 is 17.7 Å². The number of benzene rings is 1. The number of urea groups is 1. The highest BCUT2D eigenvalue weighted by atomic mass is 35.5. The summed E-state index contributed by atoms with van der Waals surface area (Å²) in [5.74, 6) is -1.08. The first kappa shape index (κ1) is 23.0. The van der Waals surface area contributed by atoms with Gasteiger partial charge in [-0.15, -0.1) is 0 Å². The second kappa shape index (κ2) is 9.10. The molecule has 1 saturated heterocycles. The van der Waals surface area contributed by atoms with E-state index in [1.807, 2.05) is 13.1 Å². The van der Waals surface area contributed by atoms with Crippen molar-refractivity contribution >= 4 is 29.3 Å². The first-order valence-electron chi connectivity index (χ1n) is 11.1. The average Bonchev–Trinajstić information content (AvgIpc) is 3.44. The fourth-order valence-corrected chi connectivity index (χ4v) is 4.68. The summed E-state index contributed by atoms with van der Waals surface area (Å²) >= 11 is 6.16. The molecule has 1 aliphatic carbocycles. The van der Waals surface area contributed by atoms with E-state index in [1.165, 1.54) is 28.0 Å². The van der Waals surface area contributed by atoms with Crippen LogP contribution < -0.4 is 10.6 Å². The highest BCUT2D eigenvalue weighted by Crippen LogP contribution is 2.39. The second-order valence-electron chi connectivity index (χ2n) is 8.23. The Kier molecular flexibility index (Phi) is 5.98. The van der Waals surface area contributed by atoms with Gasteiger partial charge < -0.3 is 5.73 Å². The molecule has 0 bridgehead atoms. The number of amides is 2. The molecule has 1 atom stereocenters. The van der Waals surface area contributed by atoms with Gasteiger partial charge >= 0.3 is 6.03 Å². The van der Waals surface area contributed by atoms with E-state index in [-0.39, 0.29) is 35.6 Å². The van der Waals surface area contributed by atoms with Crippen LogP contribution in [0.2, 0.25) is 5.02 Å². The Bertz CT molecular complexity index is 1370. The number of allylic oxidation sites excluding steroid dienone is 4. The average molecular weight is 498 g/mol. The van der Waals surface area contributed by atoms with Crippen molar-refractivity contribution < 1.29 is 13.6 Å². The first-order chi connectivity index (χ1) is 16.9. The minimum Gasteiger partial charge on any atom is -0.368 e. The van der Waals surface area contributed by atoms with Crippen LogP contribution in [0.15, 0.2) is 60.3 Å². The van der Waals surface area contributed by atoms with Crippen LogP contribution in [0.5, 0.6) is 0 Å². The Balaban J connectivity index is 1.44. The summed E-state index contributed by atoms with van der Waals surface area (Å²) in [6.07, 6.45) is 6.86. The lowest BCUT2D eigenvalue weighted by atomic mass is 9.89. The lowest BCUT2D eigenvalue weighted by Crippen LogP contribution is -2.32. The molecule has 1 aromatic carbocycles. The molecule has 3 aromatic rings. The molecule has 0 radical (unpaired) electrons. The van der Waals surface area contributed by atoms with Gasteiger partial charge in [-0.3, -0.25) is 14.5 Å². The summed E-state index contributed by atoms with van der Waals surface area (Å²) in [5, 5.41) is 4.76. The van der Waals surface area contributed by atoms with Gasteiger partial charge in [0.1, 0.15) is 17.3 Å². The molecular weight excluding hydrogens is 476 g/mol. The van der Waals surface area contributed by atoms with Crippen molar-refractivity contribution in [3.05, 3.63) is 76.7 Å². The highest BCUT2D eigenvalue weighted by molar-refractivity contribution is 6.33. The van der Waals surface area contributed by atoms with Gasteiger partial charge in [-0.1, -0.05) is 17.7 Å². The van der Waals surface area contributed by atoms with E-state index >= 15 is 4.39 Å². The SMILES string of the molecule is CCn1cc(C2C=CC(F)=C(N3CCN(c4ccc(F)cc4Cl)C3=O)C2)c(-c2ccnc(N)n2)n1. The number of anilines is 2. The van der Waals surface area contributed by atoms with Crippen molar-refractivity contribution in [3.8, 4) is 11.4 Å². The lowest BCUT2D eigenvalue weighted by molar-refractivity contribution is 0.228. The largest absolute Gasteiger partial charge is 0.368 e. The number of aromatic nitrogens is 4. The summed E-state index contributed by atoms with van der Waals surface area (Å²) in [5.41, 5.74) is 8.48. The van der Waals surface area contributed by atoms with E-state index in [2.05, 4.69) is 15.1 Å². The summed E-state index contributed by atoms with van der Waals surface area (Å²) in [6, 6.07) is 5.15. The molecule has 2 aliphatic rings. The Labute approximate surface area is 205 Å². The number of aryl methyl sites for hydroxylation is 1. The summed E-state index contributed by atoms with van der Waals surface area (Å²) in [6.45, 7) is 3.18. The number of nitrogens with two attached hydrogens (primary N) is 1. The highest BCUT2D eigenvalue weighted by Gasteiger charge is 2.36. The van der Waals surface area contributed by atoms with Crippen molar-refractivity contribution in [1.82, 2.24) is 24.6 Å². The molecule has 2 amide bonds. The van der Waals surface area contributed by atoms with Gasteiger partial charge in [-0.25, -0.2) is 23.5 Å². The standard InChI is InChI=1S/C24H22ClF2N7O/c1-2-32-13-16(22(31-32)19-7-8-29-23(28)30-19)14-3-5-18(27)21(11-14)34-10-9-33(24(34)35)20-6-4-15(26)12-17(20)25/h3-8,12-14H,2,9-11H2,1H3,(H2,28,29,30). The van der Waals surface area contributed by atoms with E-state index in [9.17, 15) is 9.18 Å². The minimum absolute atomic E-state index is 0.122. The van der Waals surface area contributed by atoms with E-state index in [1.54, 1.807) is 23.0 Å². The Hall–Kier alpha value is -3.79. The normalized spacial score (nSPS) is 18.2. The summed E-state index contributed by atoms with van der Waals surface area (Å²) < 4.78 is 30.3. The predicted octanol–water partition coefficient (Wildman–Crippen LogP) is 4.90. The van der Waals surface area contributed by atoms with Crippen LogP contribution in [0, 0.1) is 5.82 Å². The maximum Gasteiger partial charge on any atom is 0.328 e. The molecule has 5 rings (SSSR count). The molecule has 0 saturated carbocycles. The van der Waals surface area contributed by atoms with Crippen LogP contribution in [0.4, 0.5) is 25.2 Å². The second-order valence-corrected chi connectivity index (χ2v) is 8.64. The smallest absolute Gasteiger partial charge is 0.328 e. The van der Waals surface area contributed by atoms with Crippen molar-refractivity contribution in [2.75, 3.05) is 23.7 Å². The third-order valence-electron chi connectivity index (χ3n) is 6.13. The topological polar surface area (TPSA) is 93.2 Å². The summed E-state index contributed by atoms with van der Waals surface area (Å²) in [4.78, 5) is 24.3. The number of rotatable bonds is 5. The molecule has 11 heteroatoms. The molecule has 2 aromatic heterocycles. The number of carbonyl (C=O) groups is 1. The molecule has 1 aliphatic heterocycles. The van der Waals surface area contributed by atoms with Gasteiger partial charge in [0.15, 0.2) is 0 Å². The maximum absolute atomic E-state index is 15.0. The zero-order chi connectivity index (χ0) is 24.7. The Morgan fingerprint density at radius 3 is 2.74 bits per heavy atom. The third kappa shape index (κ3) is 4.25. The van der Waals surface area contributed by atoms with Gasteiger partial charge in [0.05, 0.1) is 22.1 Å². The van der Waals surface area contributed by atoms with Crippen molar-refractivity contribution in [3.63, 3.8) is 0 Å². The van der Waals surface area contributed by atoms with Crippen LogP contribution >= 0.6 is 11.6 Å². The number of hydrogen-bond donors (Lipinski definition) is 1. The zero-order valence-electron chi connectivity index (χ0n) is 18.8. The number of nitrogens with zero attached hydrogens (tertiary/aromatic N) is 6. The lowest BCUT2D eigenvalue weighted by Gasteiger charge is -2.26. The van der Waals surface area contributed by atoms with E-state index in [0.717, 1.165) is 11.6 Å². The first-order valence-corrected chi connectivity index (χ1v) is 11.5. The quantitative estimate of drug-likeness (QED) is 0.541. The molecule has 180 valence electrons. The molecule has 35 heavy (non-hydrogen) atoms. The van der Waals surface area contributed by atoms with Crippen LogP contribution in [-0.2, 0) is 6.54 Å². The molecular formula is C24H22ClF2N7O. The number of carbonyl (C=O) groups excluding carboxylic acids is 1. The molecule has 0 spiro atoms. The minimum atomic E-state index is -0.495. The number of halogens is 3. The van der Waals surface area contributed by atoms with Crippen molar-refractivity contribution in [2.45, 2.75) is 25.8 Å². The van der Waals surface area contributed by atoms with Gasteiger partial charge in [0.25, 0.3) is 0 Å². The molecule has 8 nitrogen and oxygen atoms in total. The molecule has 2 N–H and O–H groups in total. The van der Waals surface area contributed by atoms with E-state index in [4.69, 9.17) is 17.3 Å². The Morgan fingerprint density at radius 1 is 1.20 bits per heavy atom. The van der Waals surface area contributed by atoms with Crippen LogP contribution in [-0.4, -0.2) is 43.8 Å². The molecule has 1 fully saturated rings. The maximum atomic E-state index is 15.0. The fourth-order valence-electron chi connectivity index (χ4n) is 4.41. The molecule has 1 unspecified atom stereocenters. The fraction of sp³-hybridized carbons (Fsp3) is 0.250. The Morgan fingerprint density at radius 2 is 2.00 bits per heavy atom. The summed E-state index contributed by atoms with van der Waals surface area (Å²) in [7, 11) is 0. The van der Waals surface area contributed by atoms with Gasteiger partial charge in [-0.2, -0.15) is 5.10 Å². The zero-order valence-corrected chi connectivity index (χ0v) is 19.6. The van der Waals surface area contributed by atoms with Gasteiger partial charge in [-0.05, 0) is 37.3 Å². The third-order valence-corrected chi connectivity index (χ3v) is 6.43. The van der Waals surface area contributed by atoms with Crippen molar-refractivity contribution in [1.29, 1.82) is 0 Å². The van der Waals surface area contributed by atoms with Crippen LogP contribution in [0.3, 0.4) is 0 Å². The van der Waals surface area contributed by atoms with Crippen LogP contribution in [0.25, 0.3) is 11.4 Å². The van der Waals surface area contributed by atoms with E-state index in [0.29, 0.717) is 30.2 Å². The predicted molar refractivity (Wildman–Crippen MR) is 129 cm³/mol. The van der Waals surface area contributed by atoms with Crippen molar-refractivity contribution in [2.24, 2.45) is 0 Å². The molecule has 3 heterocycles. The van der Waals surface area contributed by atoms with Gasteiger partial charge in [0, 0.05) is 49.9 Å². The number of hydrogen-bond acceptors (Lipinski definition) is 5. The monoisotopic (exact) mass is 497 g/mol. The van der Waals surface area contributed by atoms with Gasteiger partial charge in [0.2, 0.25) is 5.95 Å².